The molecule has 7 heteroatoms. The van der Waals surface area contributed by atoms with Crippen molar-refractivity contribution in [2.45, 2.75) is 39.7 Å². The zero-order valence-electron chi connectivity index (χ0n) is 11.8. The highest BCUT2D eigenvalue weighted by molar-refractivity contribution is 5.77. The van der Waals surface area contributed by atoms with Crippen molar-refractivity contribution in [1.29, 1.82) is 0 Å². The number of aromatic nitrogens is 4. The Kier molecular flexibility index (Phi) is 4.14. The van der Waals surface area contributed by atoms with E-state index in [0.717, 1.165) is 19.6 Å². The van der Waals surface area contributed by atoms with Gasteiger partial charge in [0.1, 0.15) is 0 Å². The maximum Gasteiger partial charge on any atom is 0.223 e. The molecule has 1 aliphatic heterocycles. The van der Waals surface area contributed by atoms with Crippen LogP contribution in [0.25, 0.3) is 0 Å². The molecule has 7 nitrogen and oxygen atoms in total. The van der Waals surface area contributed by atoms with Gasteiger partial charge in [-0.1, -0.05) is 26.0 Å². The van der Waals surface area contributed by atoms with Crippen LogP contribution in [0.2, 0.25) is 0 Å². The van der Waals surface area contributed by atoms with Gasteiger partial charge >= 0.3 is 0 Å². The number of hydrogen-bond acceptors (Lipinski definition) is 5. The molecular formula is C12H22N6O. The average Bonchev–Trinajstić information content (AvgIpc) is 2.88. The second-order valence-corrected chi connectivity index (χ2v) is 6.00. The summed E-state index contributed by atoms with van der Waals surface area (Å²) in [7, 11) is 0. The fourth-order valence-electron chi connectivity index (χ4n) is 2.43. The van der Waals surface area contributed by atoms with E-state index < -0.39 is 0 Å². The van der Waals surface area contributed by atoms with Crippen LogP contribution in [0.5, 0.6) is 0 Å². The molecule has 0 spiro atoms. The van der Waals surface area contributed by atoms with Crippen LogP contribution in [0.4, 0.5) is 0 Å². The predicted molar refractivity (Wildman–Crippen MR) is 70.3 cm³/mol. The number of amides is 1. The normalized spacial score (nSPS) is 20.6. The summed E-state index contributed by atoms with van der Waals surface area (Å²) in [6.45, 7) is 9.00. The van der Waals surface area contributed by atoms with Gasteiger partial charge in [-0.3, -0.25) is 4.79 Å². The first-order valence-electron chi connectivity index (χ1n) is 6.71. The van der Waals surface area contributed by atoms with Crippen molar-refractivity contribution in [3.8, 4) is 0 Å². The first kappa shape index (κ1) is 13.9. The number of carbonyl (C=O) groups excluding carboxylic acids is 1. The molecule has 1 unspecified atom stereocenters. The summed E-state index contributed by atoms with van der Waals surface area (Å²) in [4.78, 5) is 14.4. The lowest BCUT2D eigenvalue weighted by Gasteiger charge is -2.43. The summed E-state index contributed by atoms with van der Waals surface area (Å²) in [6, 6.07) is 0.235. The minimum absolute atomic E-state index is 0.0786. The quantitative estimate of drug-likeness (QED) is 0.803. The summed E-state index contributed by atoms with van der Waals surface area (Å²) >= 11 is 0. The number of aromatic amines is 1. The molecule has 1 amide bonds. The number of carbonyl (C=O) groups is 1. The molecule has 0 saturated carbocycles. The largest absolute Gasteiger partial charge is 0.337 e. The molecule has 1 atom stereocenters. The van der Waals surface area contributed by atoms with Crippen LogP contribution in [0.3, 0.4) is 0 Å². The minimum atomic E-state index is 0.0786. The van der Waals surface area contributed by atoms with E-state index >= 15 is 0 Å². The lowest BCUT2D eigenvalue weighted by atomic mass is 9.84. The molecule has 0 bridgehead atoms. The van der Waals surface area contributed by atoms with Gasteiger partial charge in [0, 0.05) is 38.5 Å². The molecule has 19 heavy (non-hydrogen) atoms. The second-order valence-electron chi connectivity index (χ2n) is 6.00. The summed E-state index contributed by atoms with van der Waals surface area (Å²) in [5.41, 5.74) is 0.0786. The molecule has 0 aromatic carbocycles. The van der Waals surface area contributed by atoms with Gasteiger partial charge in [-0.2, -0.15) is 5.21 Å². The van der Waals surface area contributed by atoms with Gasteiger partial charge in [-0.25, -0.2) is 0 Å². The Hall–Kier alpha value is -1.50. The fraction of sp³-hybridized carbons (Fsp3) is 0.833. The molecule has 1 aromatic heterocycles. The molecule has 2 N–H and O–H groups in total. The average molecular weight is 266 g/mol. The van der Waals surface area contributed by atoms with Crippen molar-refractivity contribution < 1.29 is 4.79 Å². The molecule has 106 valence electrons. The van der Waals surface area contributed by atoms with E-state index in [1.807, 2.05) is 4.90 Å². The van der Waals surface area contributed by atoms with Crippen LogP contribution >= 0.6 is 0 Å². The highest BCUT2D eigenvalue weighted by atomic mass is 16.2. The number of rotatable bonds is 3. The second kappa shape index (κ2) is 5.64. The van der Waals surface area contributed by atoms with Crippen molar-refractivity contribution >= 4 is 5.91 Å². The van der Waals surface area contributed by atoms with Crippen LogP contribution in [0.15, 0.2) is 0 Å². The van der Waals surface area contributed by atoms with Gasteiger partial charge in [-0.15, -0.1) is 10.2 Å². The van der Waals surface area contributed by atoms with Gasteiger partial charge in [-0.05, 0) is 5.41 Å². The lowest BCUT2D eigenvalue weighted by Crippen LogP contribution is -2.58. The van der Waals surface area contributed by atoms with Crippen LogP contribution in [0, 0.1) is 5.41 Å². The van der Waals surface area contributed by atoms with Crippen molar-refractivity contribution in [2.75, 3.05) is 19.6 Å². The number of H-pyrrole nitrogens is 1. The topological polar surface area (TPSA) is 86.8 Å². The molecule has 1 saturated heterocycles. The number of hydrogen-bond donors (Lipinski definition) is 2. The van der Waals surface area contributed by atoms with Crippen molar-refractivity contribution in [2.24, 2.45) is 5.41 Å². The Morgan fingerprint density at radius 2 is 2.26 bits per heavy atom. The van der Waals surface area contributed by atoms with Crippen molar-refractivity contribution in [3.05, 3.63) is 5.82 Å². The van der Waals surface area contributed by atoms with Gasteiger partial charge < -0.3 is 10.2 Å². The maximum atomic E-state index is 12.4. The Morgan fingerprint density at radius 3 is 2.89 bits per heavy atom. The third-order valence-electron chi connectivity index (χ3n) is 3.52. The minimum Gasteiger partial charge on any atom is -0.337 e. The molecule has 2 heterocycles. The molecule has 1 fully saturated rings. The first-order valence-corrected chi connectivity index (χ1v) is 6.71. The van der Waals surface area contributed by atoms with E-state index in [-0.39, 0.29) is 17.4 Å². The zero-order chi connectivity index (χ0) is 13.9. The Morgan fingerprint density at radius 1 is 1.47 bits per heavy atom. The molecule has 0 radical (unpaired) electrons. The summed E-state index contributed by atoms with van der Waals surface area (Å²) in [5, 5.41) is 17.0. The van der Waals surface area contributed by atoms with Crippen LogP contribution in [-0.2, 0) is 11.2 Å². The summed E-state index contributed by atoms with van der Waals surface area (Å²) in [6.07, 6.45) is 0.974. The molecule has 1 aliphatic rings. The summed E-state index contributed by atoms with van der Waals surface area (Å²) < 4.78 is 0. The molecule has 1 aromatic rings. The van der Waals surface area contributed by atoms with E-state index in [2.05, 4.69) is 46.7 Å². The van der Waals surface area contributed by atoms with Crippen LogP contribution in [-0.4, -0.2) is 57.1 Å². The molecular weight excluding hydrogens is 244 g/mol. The SMILES string of the molecule is CC(C)(C)C1CNCCN1C(=O)CCc1nn[nH]n1. The molecule has 2 rings (SSSR count). The third kappa shape index (κ3) is 3.50. The van der Waals surface area contributed by atoms with Gasteiger partial charge in [0.2, 0.25) is 5.91 Å². The highest BCUT2D eigenvalue weighted by Gasteiger charge is 2.34. The Labute approximate surface area is 113 Å². The Balaban J connectivity index is 1.95. The maximum absolute atomic E-state index is 12.4. The highest BCUT2D eigenvalue weighted by Crippen LogP contribution is 2.26. The lowest BCUT2D eigenvalue weighted by molar-refractivity contribution is -0.137. The first-order chi connectivity index (χ1) is 8.98. The van der Waals surface area contributed by atoms with E-state index in [1.165, 1.54) is 0 Å². The van der Waals surface area contributed by atoms with E-state index in [1.54, 1.807) is 0 Å². The van der Waals surface area contributed by atoms with Crippen LogP contribution in [0.1, 0.15) is 33.0 Å². The zero-order valence-corrected chi connectivity index (χ0v) is 11.8. The number of nitrogens with one attached hydrogen (secondary N) is 2. The van der Waals surface area contributed by atoms with Crippen molar-refractivity contribution in [1.82, 2.24) is 30.8 Å². The monoisotopic (exact) mass is 266 g/mol. The number of aryl methyl sites for hydroxylation is 1. The van der Waals surface area contributed by atoms with Gasteiger partial charge in [0.05, 0.1) is 0 Å². The predicted octanol–water partition coefficient (Wildman–Crippen LogP) is -0.0212. The standard InChI is InChI=1S/C12H22N6O/c1-12(2,3)9-8-13-6-7-18(9)11(19)5-4-10-14-16-17-15-10/h9,13H,4-8H2,1-3H3,(H,14,15,16,17). The number of tetrazole rings is 1. The number of piperazine rings is 1. The Bertz CT molecular complexity index is 410. The van der Waals surface area contributed by atoms with Crippen LogP contribution < -0.4 is 5.32 Å². The number of nitrogens with zero attached hydrogens (tertiary/aromatic N) is 4. The third-order valence-corrected chi connectivity index (χ3v) is 3.52. The fourth-order valence-corrected chi connectivity index (χ4v) is 2.43. The van der Waals surface area contributed by atoms with Gasteiger partial charge in [0.15, 0.2) is 5.82 Å². The van der Waals surface area contributed by atoms with E-state index in [4.69, 9.17) is 0 Å². The summed E-state index contributed by atoms with van der Waals surface area (Å²) in [5.74, 6) is 0.766. The van der Waals surface area contributed by atoms with Crippen molar-refractivity contribution in [3.63, 3.8) is 0 Å². The van der Waals surface area contributed by atoms with E-state index in [9.17, 15) is 4.79 Å². The molecule has 0 aliphatic carbocycles. The smallest absolute Gasteiger partial charge is 0.223 e. The van der Waals surface area contributed by atoms with Gasteiger partial charge in [0.25, 0.3) is 0 Å². The van der Waals surface area contributed by atoms with E-state index in [0.29, 0.717) is 18.7 Å².